The van der Waals surface area contributed by atoms with Crippen molar-refractivity contribution < 1.29 is 19.1 Å². The zero-order chi connectivity index (χ0) is 23.0. The minimum absolute atomic E-state index is 0.0432. The van der Waals surface area contributed by atoms with E-state index in [0.29, 0.717) is 31.7 Å². The number of rotatable bonds is 9. The maximum atomic E-state index is 12.7. The predicted octanol–water partition coefficient (Wildman–Crippen LogP) is 3.35. The zero-order valence-corrected chi connectivity index (χ0v) is 18.1. The van der Waals surface area contributed by atoms with Gasteiger partial charge in [0.2, 0.25) is 11.8 Å². The number of hydrogen-bond donors (Lipinski definition) is 1. The van der Waals surface area contributed by atoms with E-state index in [1.54, 1.807) is 24.5 Å². The third kappa shape index (κ3) is 5.83. The summed E-state index contributed by atoms with van der Waals surface area (Å²) in [4.78, 5) is 42.1. The van der Waals surface area contributed by atoms with Crippen molar-refractivity contribution in [1.29, 1.82) is 0 Å². The number of aromatic nitrogens is 1. The summed E-state index contributed by atoms with van der Waals surface area (Å²) < 4.78 is 5.84. The molecule has 1 fully saturated rings. The van der Waals surface area contributed by atoms with Gasteiger partial charge in [0, 0.05) is 31.6 Å². The lowest BCUT2D eigenvalue weighted by Gasteiger charge is -2.16. The van der Waals surface area contributed by atoms with Gasteiger partial charge in [0.25, 0.3) is 5.91 Å². The van der Waals surface area contributed by atoms with E-state index in [-0.39, 0.29) is 24.1 Å². The van der Waals surface area contributed by atoms with Gasteiger partial charge in [0.05, 0.1) is 6.42 Å². The number of hydrogen-bond acceptors (Lipinski definition) is 5. The first kappa shape index (κ1) is 22.2. The van der Waals surface area contributed by atoms with E-state index < -0.39 is 6.10 Å². The Morgan fingerprint density at radius 3 is 2.76 bits per heavy atom. The molecule has 0 radical (unpaired) electrons. The van der Waals surface area contributed by atoms with Gasteiger partial charge in [-0.15, -0.1) is 0 Å². The maximum Gasteiger partial charge on any atom is 0.270 e. The Bertz CT molecular complexity index is 1180. The van der Waals surface area contributed by atoms with E-state index >= 15 is 0 Å². The first-order chi connectivity index (χ1) is 16.1. The summed E-state index contributed by atoms with van der Waals surface area (Å²) in [5, 5.41) is 4.90. The van der Waals surface area contributed by atoms with Gasteiger partial charge >= 0.3 is 0 Å². The van der Waals surface area contributed by atoms with Gasteiger partial charge in [-0.05, 0) is 53.5 Å². The van der Waals surface area contributed by atoms with Crippen LogP contribution in [0, 0.1) is 0 Å². The van der Waals surface area contributed by atoms with E-state index in [2.05, 4.69) is 10.3 Å². The number of nitrogens with one attached hydrogen (secondary N) is 1. The van der Waals surface area contributed by atoms with E-state index in [0.717, 1.165) is 16.3 Å². The zero-order valence-electron chi connectivity index (χ0n) is 18.1. The van der Waals surface area contributed by atoms with E-state index in [1.165, 1.54) is 11.0 Å². The molecule has 3 amide bonds. The molecule has 1 N–H and O–H groups in total. The topological polar surface area (TPSA) is 88.6 Å². The van der Waals surface area contributed by atoms with Crippen LogP contribution in [0.1, 0.15) is 24.8 Å². The highest BCUT2D eigenvalue weighted by Gasteiger charge is 2.39. The van der Waals surface area contributed by atoms with Crippen LogP contribution in [-0.2, 0) is 14.4 Å². The summed E-state index contributed by atoms with van der Waals surface area (Å²) in [6, 6.07) is 17.2. The molecular weight excluding hydrogens is 418 g/mol. The first-order valence-electron chi connectivity index (χ1n) is 11.0. The fourth-order valence-corrected chi connectivity index (χ4v) is 3.70. The Morgan fingerprint density at radius 2 is 1.94 bits per heavy atom. The van der Waals surface area contributed by atoms with E-state index in [1.807, 2.05) is 48.5 Å². The number of pyridine rings is 1. The van der Waals surface area contributed by atoms with Gasteiger partial charge in [-0.3, -0.25) is 24.3 Å². The van der Waals surface area contributed by atoms with Crippen LogP contribution in [0.25, 0.3) is 16.8 Å². The van der Waals surface area contributed by atoms with Crippen molar-refractivity contribution in [3.8, 4) is 5.75 Å². The molecule has 1 aromatic heterocycles. The Morgan fingerprint density at radius 1 is 1.09 bits per heavy atom. The van der Waals surface area contributed by atoms with Crippen molar-refractivity contribution in [3.63, 3.8) is 0 Å². The highest BCUT2D eigenvalue weighted by atomic mass is 16.5. The summed E-state index contributed by atoms with van der Waals surface area (Å²) in [6.45, 7) is 0.778. The number of likely N-dealkylation sites (tertiary alicyclic amines) is 1. The molecule has 1 saturated heterocycles. The molecule has 1 aliphatic heterocycles. The highest BCUT2D eigenvalue weighted by Crippen LogP contribution is 2.25. The van der Waals surface area contributed by atoms with Crippen molar-refractivity contribution >= 4 is 34.6 Å². The Balaban J connectivity index is 1.20. The predicted molar refractivity (Wildman–Crippen MR) is 125 cm³/mol. The number of fused-ring (bicyclic) bond motifs is 1. The van der Waals surface area contributed by atoms with Gasteiger partial charge in [0.1, 0.15) is 5.75 Å². The Kier molecular flexibility index (Phi) is 7.09. The van der Waals surface area contributed by atoms with Crippen molar-refractivity contribution in [1.82, 2.24) is 15.2 Å². The van der Waals surface area contributed by atoms with Gasteiger partial charge < -0.3 is 10.1 Å². The summed E-state index contributed by atoms with van der Waals surface area (Å²) in [6.07, 6.45) is 7.00. The summed E-state index contributed by atoms with van der Waals surface area (Å²) >= 11 is 0. The summed E-state index contributed by atoms with van der Waals surface area (Å²) in [7, 11) is 0. The third-order valence-corrected chi connectivity index (χ3v) is 5.42. The molecule has 0 bridgehead atoms. The first-order valence-corrected chi connectivity index (χ1v) is 11.0. The Hall–Kier alpha value is -4.00. The smallest absolute Gasteiger partial charge is 0.270 e. The second kappa shape index (κ2) is 10.5. The molecule has 33 heavy (non-hydrogen) atoms. The molecular formula is C26H25N3O4. The molecule has 0 aliphatic carbocycles. The molecule has 3 aromatic rings. The highest BCUT2D eigenvalue weighted by molar-refractivity contribution is 6.05. The number of amides is 3. The average Bonchev–Trinajstić information content (AvgIpc) is 3.10. The number of imide groups is 1. The molecule has 4 rings (SSSR count). The molecule has 0 spiro atoms. The standard InChI is InChI=1S/C26H25N3O4/c30-24(12-9-19-6-5-13-27-18-19)28-14-3-4-15-29-25(31)17-23(26(29)32)33-22-11-10-20-7-1-2-8-21(20)16-22/h1-2,5-13,16,18,23H,3-4,14-15,17H2,(H,28,30)/b12-9+. The third-order valence-electron chi connectivity index (χ3n) is 5.42. The normalized spacial score (nSPS) is 16.0. The van der Waals surface area contributed by atoms with Crippen LogP contribution in [0.5, 0.6) is 5.75 Å². The van der Waals surface area contributed by atoms with Crippen molar-refractivity contribution in [2.75, 3.05) is 13.1 Å². The van der Waals surface area contributed by atoms with Crippen molar-refractivity contribution in [2.24, 2.45) is 0 Å². The lowest BCUT2D eigenvalue weighted by molar-refractivity contribution is -0.140. The van der Waals surface area contributed by atoms with E-state index in [4.69, 9.17) is 4.74 Å². The lowest BCUT2D eigenvalue weighted by Crippen LogP contribution is -2.35. The van der Waals surface area contributed by atoms with Crippen LogP contribution in [0.4, 0.5) is 0 Å². The van der Waals surface area contributed by atoms with Crippen molar-refractivity contribution in [2.45, 2.75) is 25.4 Å². The molecule has 168 valence electrons. The molecule has 1 unspecified atom stereocenters. The molecule has 1 aliphatic rings. The summed E-state index contributed by atoms with van der Waals surface area (Å²) in [5.74, 6) is -0.161. The summed E-state index contributed by atoms with van der Waals surface area (Å²) in [5.41, 5.74) is 0.846. The second-order valence-corrected chi connectivity index (χ2v) is 7.82. The van der Waals surface area contributed by atoms with Crippen molar-refractivity contribution in [3.05, 3.63) is 78.6 Å². The van der Waals surface area contributed by atoms with Crippen LogP contribution < -0.4 is 10.1 Å². The van der Waals surface area contributed by atoms with Gasteiger partial charge in [-0.2, -0.15) is 0 Å². The number of nitrogens with zero attached hydrogens (tertiary/aromatic N) is 2. The van der Waals surface area contributed by atoms with Crippen LogP contribution in [-0.4, -0.2) is 46.8 Å². The number of benzene rings is 2. The lowest BCUT2D eigenvalue weighted by atomic mass is 10.1. The second-order valence-electron chi connectivity index (χ2n) is 7.82. The molecule has 2 heterocycles. The number of carbonyl (C=O) groups is 3. The molecule has 7 nitrogen and oxygen atoms in total. The molecule has 2 aromatic carbocycles. The minimum Gasteiger partial charge on any atom is -0.480 e. The maximum absolute atomic E-state index is 12.7. The quantitative estimate of drug-likeness (QED) is 0.311. The molecule has 1 atom stereocenters. The average molecular weight is 444 g/mol. The monoisotopic (exact) mass is 443 g/mol. The fraction of sp³-hybridized carbons (Fsp3) is 0.231. The largest absolute Gasteiger partial charge is 0.480 e. The number of ether oxygens (including phenoxy) is 1. The van der Waals surface area contributed by atoms with Gasteiger partial charge in [-0.25, -0.2) is 0 Å². The van der Waals surface area contributed by atoms with Crippen LogP contribution in [0.15, 0.2) is 73.1 Å². The Labute approximate surface area is 192 Å². The van der Waals surface area contributed by atoms with Crippen LogP contribution in [0.3, 0.4) is 0 Å². The fourth-order valence-electron chi connectivity index (χ4n) is 3.70. The number of unbranched alkanes of at least 4 members (excludes halogenated alkanes) is 1. The van der Waals surface area contributed by atoms with Gasteiger partial charge in [0.15, 0.2) is 6.10 Å². The van der Waals surface area contributed by atoms with E-state index in [9.17, 15) is 14.4 Å². The van der Waals surface area contributed by atoms with Gasteiger partial charge in [-0.1, -0.05) is 36.4 Å². The van der Waals surface area contributed by atoms with Crippen LogP contribution >= 0.6 is 0 Å². The number of carbonyl (C=O) groups excluding carboxylic acids is 3. The molecule has 7 heteroatoms. The SMILES string of the molecule is O=C(/C=C/c1cccnc1)NCCCCN1C(=O)CC(Oc2ccc3ccccc3c2)C1=O. The molecule has 0 saturated carbocycles. The minimum atomic E-state index is -0.795. The van der Waals surface area contributed by atoms with Crippen LogP contribution in [0.2, 0.25) is 0 Å².